The summed E-state index contributed by atoms with van der Waals surface area (Å²) in [5.74, 6) is 0.824. The van der Waals surface area contributed by atoms with Crippen LogP contribution in [0.1, 0.15) is 19.8 Å². The molecule has 1 rings (SSSR count). The third-order valence-electron chi connectivity index (χ3n) is 1.74. The summed E-state index contributed by atoms with van der Waals surface area (Å²) in [6.45, 7) is 4.58. The zero-order valence-electron chi connectivity index (χ0n) is 6.06. The van der Waals surface area contributed by atoms with Crippen LogP contribution in [0.5, 0.6) is 0 Å². The van der Waals surface area contributed by atoms with Gasteiger partial charge in [-0.05, 0) is 25.3 Å². The van der Waals surface area contributed by atoms with Crippen LogP contribution in [-0.2, 0) is 0 Å². The lowest BCUT2D eigenvalue weighted by Crippen LogP contribution is -2.07. The molecule has 0 aromatic rings. The van der Waals surface area contributed by atoms with Crippen LogP contribution in [0.25, 0.3) is 0 Å². The predicted molar refractivity (Wildman–Crippen MR) is 40.4 cm³/mol. The summed E-state index contributed by atoms with van der Waals surface area (Å²) in [6.07, 6.45) is 7.10. The van der Waals surface area contributed by atoms with Gasteiger partial charge >= 0.3 is 0 Å². The molecule has 0 radical (unpaired) electrons. The summed E-state index contributed by atoms with van der Waals surface area (Å²) < 4.78 is 0. The first-order valence-electron chi connectivity index (χ1n) is 3.81. The van der Waals surface area contributed by atoms with E-state index in [0.717, 1.165) is 5.92 Å². The highest BCUT2D eigenvalue weighted by Crippen LogP contribution is 2.08. The van der Waals surface area contributed by atoms with Crippen LogP contribution >= 0.6 is 0 Å². The molecule has 0 aromatic carbocycles. The van der Waals surface area contributed by atoms with E-state index in [9.17, 15) is 0 Å². The first kappa shape index (κ1) is 6.81. The van der Waals surface area contributed by atoms with Crippen molar-refractivity contribution in [2.24, 2.45) is 5.92 Å². The second kappa shape index (κ2) is 3.67. The largest absolute Gasteiger partial charge is 0.316 e. The molecule has 1 atom stereocenters. The third-order valence-corrected chi connectivity index (χ3v) is 1.74. The van der Waals surface area contributed by atoms with Crippen molar-refractivity contribution in [3.8, 4) is 0 Å². The van der Waals surface area contributed by atoms with Crippen LogP contribution in [0, 0.1) is 5.92 Å². The molecular formula is C8H15N. The Balaban J connectivity index is 2.18. The van der Waals surface area contributed by atoms with Gasteiger partial charge in [0.2, 0.25) is 0 Å². The van der Waals surface area contributed by atoms with E-state index in [1.165, 1.54) is 25.9 Å². The van der Waals surface area contributed by atoms with Gasteiger partial charge < -0.3 is 5.32 Å². The highest BCUT2D eigenvalue weighted by Gasteiger charge is 2.09. The Kier molecular flexibility index (Phi) is 2.78. The average Bonchev–Trinajstić information content (AvgIpc) is 2.34. The van der Waals surface area contributed by atoms with Gasteiger partial charge in [0.1, 0.15) is 0 Å². The van der Waals surface area contributed by atoms with E-state index in [4.69, 9.17) is 0 Å². The van der Waals surface area contributed by atoms with Gasteiger partial charge in [0, 0.05) is 6.54 Å². The van der Waals surface area contributed by atoms with Crippen LogP contribution in [-0.4, -0.2) is 13.1 Å². The van der Waals surface area contributed by atoms with E-state index in [0.29, 0.717) is 0 Å². The fourth-order valence-corrected chi connectivity index (χ4v) is 1.17. The monoisotopic (exact) mass is 125 g/mol. The minimum absolute atomic E-state index is 0.824. The highest BCUT2D eigenvalue weighted by molar-refractivity contribution is 4.91. The molecule has 1 heterocycles. The molecule has 9 heavy (non-hydrogen) atoms. The number of rotatable bonds is 2. The standard InChI is InChI=1S/C8H15N/c1-2-3-4-8-5-6-9-7-8/h3-4,8-9H,2,5-7H2,1H3. The minimum atomic E-state index is 0.824. The second-order valence-electron chi connectivity index (χ2n) is 2.59. The first-order valence-corrected chi connectivity index (χ1v) is 3.81. The molecule has 52 valence electrons. The normalized spacial score (nSPS) is 27.9. The maximum atomic E-state index is 3.33. The van der Waals surface area contributed by atoms with Crippen molar-refractivity contribution in [2.45, 2.75) is 19.8 Å². The summed E-state index contributed by atoms with van der Waals surface area (Å²) in [5, 5.41) is 3.33. The molecule has 0 saturated carbocycles. The van der Waals surface area contributed by atoms with Gasteiger partial charge in [0.15, 0.2) is 0 Å². The van der Waals surface area contributed by atoms with E-state index in [-0.39, 0.29) is 0 Å². The maximum Gasteiger partial charge on any atom is 0.00146 e. The van der Waals surface area contributed by atoms with Gasteiger partial charge in [0.05, 0.1) is 0 Å². The molecule has 0 aliphatic carbocycles. The Hall–Kier alpha value is -0.300. The maximum absolute atomic E-state index is 3.33. The molecule has 1 fully saturated rings. The predicted octanol–water partition coefficient (Wildman–Crippen LogP) is 1.56. The van der Waals surface area contributed by atoms with Crippen molar-refractivity contribution in [1.29, 1.82) is 0 Å². The lowest BCUT2D eigenvalue weighted by molar-refractivity contribution is 0.725. The van der Waals surface area contributed by atoms with Crippen LogP contribution < -0.4 is 5.32 Å². The molecule has 0 spiro atoms. The van der Waals surface area contributed by atoms with Gasteiger partial charge in [-0.15, -0.1) is 0 Å². The van der Waals surface area contributed by atoms with Gasteiger partial charge in [-0.3, -0.25) is 0 Å². The summed E-state index contributed by atoms with van der Waals surface area (Å²) >= 11 is 0. The van der Waals surface area contributed by atoms with Gasteiger partial charge in [-0.25, -0.2) is 0 Å². The Morgan fingerprint density at radius 2 is 2.56 bits per heavy atom. The third kappa shape index (κ3) is 2.19. The Morgan fingerprint density at radius 1 is 1.67 bits per heavy atom. The Morgan fingerprint density at radius 3 is 3.11 bits per heavy atom. The van der Waals surface area contributed by atoms with Crippen LogP contribution in [0.4, 0.5) is 0 Å². The fraction of sp³-hybridized carbons (Fsp3) is 0.750. The number of nitrogens with one attached hydrogen (secondary N) is 1. The quantitative estimate of drug-likeness (QED) is 0.552. The molecule has 1 aliphatic rings. The molecule has 1 aliphatic heterocycles. The molecule has 0 aromatic heterocycles. The van der Waals surface area contributed by atoms with E-state index in [2.05, 4.69) is 24.4 Å². The first-order chi connectivity index (χ1) is 4.43. The SMILES string of the molecule is CCC=CC1CCNC1. The molecule has 1 N–H and O–H groups in total. The van der Waals surface area contributed by atoms with E-state index >= 15 is 0 Å². The molecule has 1 saturated heterocycles. The van der Waals surface area contributed by atoms with E-state index in [1.54, 1.807) is 0 Å². The van der Waals surface area contributed by atoms with Gasteiger partial charge in [0.25, 0.3) is 0 Å². The summed E-state index contributed by atoms with van der Waals surface area (Å²) in [4.78, 5) is 0. The van der Waals surface area contributed by atoms with Crippen molar-refractivity contribution in [1.82, 2.24) is 5.32 Å². The lowest BCUT2D eigenvalue weighted by Gasteiger charge is -1.96. The summed E-state index contributed by atoms with van der Waals surface area (Å²) in [5.41, 5.74) is 0. The summed E-state index contributed by atoms with van der Waals surface area (Å²) in [6, 6.07) is 0. The second-order valence-corrected chi connectivity index (χ2v) is 2.59. The molecule has 1 unspecified atom stereocenters. The van der Waals surface area contributed by atoms with Crippen molar-refractivity contribution in [2.75, 3.05) is 13.1 Å². The van der Waals surface area contributed by atoms with E-state index in [1.807, 2.05) is 0 Å². The van der Waals surface area contributed by atoms with Crippen molar-refractivity contribution >= 4 is 0 Å². The zero-order valence-corrected chi connectivity index (χ0v) is 6.06. The van der Waals surface area contributed by atoms with Crippen molar-refractivity contribution in [3.05, 3.63) is 12.2 Å². The average molecular weight is 125 g/mol. The van der Waals surface area contributed by atoms with Gasteiger partial charge in [-0.2, -0.15) is 0 Å². The zero-order chi connectivity index (χ0) is 6.53. The molecule has 0 amide bonds. The van der Waals surface area contributed by atoms with Crippen LogP contribution in [0.15, 0.2) is 12.2 Å². The molecular weight excluding hydrogens is 110 g/mol. The minimum Gasteiger partial charge on any atom is -0.316 e. The molecule has 0 bridgehead atoms. The Labute approximate surface area is 57.1 Å². The number of hydrogen-bond donors (Lipinski definition) is 1. The summed E-state index contributed by atoms with van der Waals surface area (Å²) in [7, 11) is 0. The molecule has 1 heteroatoms. The topological polar surface area (TPSA) is 12.0 Å². The van der Waals surface area contributed by atoms with Crippen LogP contribution in [0.3, 0.4) is 0 Å². The van der Waals surface area contributed by atoms with E-state index < -0.39 is 0 Å². The van der Waals surface area contributed by atoms with Crippen molar-refractivity contribution in [3.63, 3.8) is 0 Å². The smallest absolute Gasteiger partial charge is 0.00146 e. The number of hydrogen-bond acceptors (Lipinski definition) is 1. The van der Waals surface area contributed by atoms with Crippen LogP contribution in [0.2, 0.25) is 0 Å². The Bertz CT molecular complexity index is 90.7. The lowest BCUT2D eigenvalue weighted by atomic mass is 10.1. The highest BCUT2D eigenvalue weighted by atomic mass is 14.9. The van der Waals surface area contributed by atoms with Crippen molar-refractivity contribution < 1.29 is 0 Å². The fourth-order valence-electron chi connectivity index (χ4n) is 1.17. The molecule has 1 nitrogen and oxygen atoms in total. The number of allylic oxidation sites excluding steroid dienone is 1. The van der Waals surface area contributed by atoms with Gasteiger partial charge in [-0.1, -0.05) is 19.1 Å².